The van der Waals surface area contributed by atoms with Crippen LogP contribution >= 0.6 is 0 Å². The molecule has 0 bridgehead atoms. The van der Waals surface area contributed by atoms with Gasteiger partial charge in [0.05, 0.1) is 23.7 Å². The number of rotatable bonds is 5. The first kappa shape index (κ1) is 16.7. The summed E-state index contributed by atoms with van der Waals surface area (Å²) in [5.41, 5.74) is 2.25. The average Bonchev–Trinajstić information content (AvgIpc) is 2.98. The van der Waals surface area contributed by atoms with E-state index in [1.165, 1.54) is 18.2 Å². The Morgan fingerprint density at radius 2 is 1.92 bits per heavy atom. The van der Waals surface area contributed by atoms with E-state index in [2.05, 4.69) is 5.32 Å². The quantitative estimate of drug-likeness (QED) is 0.889. The van der Waals surface area contributed by atoms with Crippen molar-refractivity contribution < 1.29 is 21.9 Å². The van der Waals surface area contributed by atoms with Gasteiger partial charge < -0.3 is 10.1 Å². The number of hydrogen-bond donors (Lipinski definition) is 1. The summed E-state index contributed by atoms with van der Waals surface area (Å²) in [7, 11) is -3.06. The van der Waals surface area contributed by atoms with Crippen LogP contribution in [0.3, 0.4) is 0 Å². The van der Waals surface area contributed by atoms with Crippen molar-refractivity contribution in [3.63, 3.8) is 0 Å². The maximum Gasteiger partial charge on any atom is 0.341 e. The zero-order valence-corrected chi connectivity index (χ0v) is 13.8. The minimum atomic E-state index is -4.66. The van der Waals surface area contributed by atoms with Crippen LogP contribution in [0.25, 0.3) is 0 Å². The summed E-state index contributed by atoms with van der Waals surface area (Å²) in [6.45, 7) is 0. The van der Waals surface area contributed by atoms with Crippen molar-refractivity contribution in [2.45, 2.75) is 29.5 Å². The van der Waals surface area contributed by atoms with Crippen LogP contribution in [-0.4, -0.2) is 21.3 Å². The molecule has 0 fully saturated rings. The summed E-state index contributed by atoms with van der Waals surface area (Å²) in [4.78, 5) is -0.378. The van der Waals surface area contributed by atoms with Gasteiger partial charge in [-0.2, -0.15) is 8.78 Å². The third-order valence-electron chi connectivity index (χ3n) is 4.21. The van der Waals surface area contributed by atoms with Crippen LogP contribution in [0.2, 0.25) is 0 Å². The third kappa shape index (κ3) is 2.84. The van der Waals surface area contributed by atoms with Crippen LogP contribution in [0.15, 0.2) is 47.4 Å². The Hall–Kier alpha value is -2.15. The number of alkyl halides is 2. The first-order chi connectivity index (χ1) is 11.4. The molecule has 4 nitrogen and oxygen atoms in total. The highest BCUT2D eigenvalue weighted by Gasteiger charge is 2.31. The smallest absolute Gasteiger partial charge is 0.341 e. The van der Waals surface area contributed by atoms with E-state index in [4.69, 9.17) is 4.74 Å². The van der Waals surface area contributed by atoms with E-state index in [1.54, 1.807) is 13.2 Å². The number of para-hydroxylation sites is 1. The van der Waals surface area contributed by atoms with Crippen molar-refractivity contribution in [1.29, 1.82) is 0 Å². The summed E-state index contributed by atoms with van der Waals surface area (Å²) < 4.78 is 54.9. The first-order valence-electron chi connectivity index (χ1n) is 7.48. The van der Waals surface area contributed by atoms with Crippen molar-refractivity contribution in [3.05, 3.63) is 53.6 Å². The van der Waals surface area contributed by atoms with Crippen LogP contribution in [0, 0.1) is 0 Å². The standard InChI is InChI=1S/C17H17F2NO3S/c1-23-15-7-4-5-11-12(15)9-10-13(11)20-14-6-2-3-8-16(14)24(21,22)17(18)19/h2-8,13,17,20H,9-10H2,1H3. The predicted octanol–water partition coefficient (Wildman–Crippen LogP) is 3.79. The molecular formula is C17H17F2NO3S. The van der Waals surface area contributed by atoms with Crippen molar-refractivity contribution in [1.82, 2.24) is 0 Å². The number of halogens is 2. The number of hydrogen-bond acceptors (Lipinski definition) is 4. The highest BCUT2D eigenvalue weighted by Crippen LogP contribution is 2.39. The van der Waals surface area contributed by atoms with Crippen LogP contribution in [0.4, 0.5) is 14.5 Å². The minimum absolute atomic E-state index is 0.149. The van der Waals surface area contributed by atoms with Crippen LogP contribution < -0.4 is 10.1 Å². The number of nitrogens with one attached hydrogen (secondary N) is 1. The second kappa shape index (κ2) is 6.39. The maximum atomic E-state index is 12.9. The number of anilines is 1. The van der Waals surface area contributed by atoms with Crippen molar-refractivity contribution >= 4 is 15.5 Å². The predicted molar refractivity (Wildman–Crippen MR) is 87.3 cm³/mol. The Bertz CT molecular complexity index is 853. The van der Waals surface area contributed by atoms with E-state index < -0.39 is 15.6 Å². The van der Waals surface area contributed by atoms with Gasteiger partial charge in [0.1, 0.15) is 5.75 Å². The third-order valence-corrected chi connectivity index (χ3v) is 5.64. The molecule has 1 unspecified atom stereocenters. The zero-order valence-electron chi connectivity index (χ0n) is 13.0. The lowest BCUT2D eigenvalue weighted by Gasteiger charge is -2.18. The second-order valence-corrected chi connectivity index (χ2v) is 7.45. The molecule has 1 aliphatic rings. The molecule has 2 aromatic rings. The van der Waals surface area contributed by atoms with Gasteiger partial charge in [-0.15, -0.1) is 0 Å². The number of methoxy groups -OCH3 is 1. The Kier molecular flexibility index (Phi) is 4.45. The fraction of sp³-hybridized carbons (Fsp3) is 0.294. The van der Waals surface area contributed by atoms with Crippen LogP contribution in [0.1, 0.15) is 23.6 Å². The SMILES string of the molecule is COc1cccc2c1CCC2Nc1ccccc1S(=O)(=O)C(F)F. The summed E-state index contributed by atoms with van der Waals surface area (Å²) in [6.07, 6.45) is 1.51. The molecule has 7 heteroatoms. The molecule has 0 heterocycles. The minimum Gasteiger partial charge on any atom is -0.496 e. The summed E-state index contributed by atoms with van der Waals surface area (Å²) in [6, 6.07) is 11.3. The summed E-state index contributed by atoms with van der Waals surface area (Å²) >= 11 is 0. The summed E-state index contributed by atoms with van der Waals surface area (Å²) in [5, 5.41) is 3.11. The molecule has 2 aromatic carbocycles. The lowest BCUT2D eigenvalue weighted by Crippen LogP contribution is -2.16. The molecule has 0 amide bonds. The lowest BCUT2D eigenvalue weighted by atomic mass is 10.1. The van der Waals surface area contributed by atoms with E-state index >= 15 is 0 Å². The first-order valence-corrected chi connectivity index (χ1v) is 9.03. The lowest BCUT2D eigenvalue weighted by molar-refractivity contribution is 0.235. The molecule has 1 atom stereocenters. The molecule has 24 heavy (non-hydrogen) atoms. The van der Waals surface area contributed by atoms with Gasteiger partial charge in [-0.25, -0.2) is 8.42 Å². The average molecular weight is 353 g/mol. The van der Waals surface area contributed by atoms with E-state index in [0.29, 0.717) is 0 Å². The molecule has 0 aliphatic heterocycles. The van der Waals surface area contributed by atoms with Gasteiger partial charge in [0.2, 0.25) is 9.84 Å². The molecular weight excluding hydrogens is 336 g/mol. The Balaban J connectivity index is 1.96. The molecule has 1 N–H and O–H groups in total. The second-order valence-electron chi connectivity index (χ2n) is 5.57. The van der Waals surface area contributed by atoms with Gasteiger partial charge in [0.15, 0.2) is 0 Å². The molecule has 0 saturated carbocycles. The van der Waals surface area contributed by atoms with Crippen LogP contribution in [-0.2, 0) is 16.3 Å². The highest BCUT2D eigenvalue weighted by molar-refractivity contribution is 7.91. The van der Waals surface area contributed by atoms with Gasteiger partial charge >= 0.3 is 5.76 Å². The van der Waals surface area contributed by atoms with Gasteiger partial charge in [-0.3, -0.25) is 0 Å². The van der Waals surface area contributed by atoms with Gasteiger partial charge in [0.25, 0.3) is 0 Å². The van der Waals surface area contributed by atoms with Crippen molar-refractivity contribution in [2.24, 2.45) is 0 Å². The molecule has 0 aromatic heterocycles. The van der Waals surface area contributed by atoms with Gasteiger partial charge in [0, 0.05) is 0 Å². The number of fused-ring (bicyclic) bond motifs is 1. The van der Waals surface area contributed by atoms with Crippen molar-refractivity contribution in [3.8, 4) is 5.75 Å². The number of benzene rings is 2. The van der Waals surface area contributed by atoms with Crippen molar-refractivity contribution in [2.75, 3.05) is 12.4 Å². The fourth-order valence-corrected chi connectivity index (χ4v) is 3.97. The van der Waals surface area contributed by atoms with Gasteiger partial charge in [-0.05, 0) is 42.2 Å². The Morgan fingerprint density at radius 3 is 2.62 bits per heavy atom. The van der Waals surface area contributed by atoms with E-state index in [9.17, 15) is 17.2 Å². The van der Waals surface area contributed by atoms with E-state index in [1.807, 2.05) is 18.2 Å². The number of ether oxygens (including phenoxy) is 1. The molecule has 1 aliphatic carbocycles. The largest absolute Gasteiger partial charge is 0.496 e. The topological polar surface area (TPSA) is 55.4 Å². The monoisotopic (exact) mass is 353 g/mol. The molecule has 3 rings (SSSR count). The Morgan fingerprint density at radius 1 is 1.17 bits per heavy atom. The normalized spacial score (nSPS) is 16.9. The van der Waals surface area contributed by atoms with E-state index in [0.717, 1.165) is 29.7 Å². The molecule has 0 saturated heterocycles. The fourth-order valence-electron chi connectivity index (χ4n) is 3.08. The van der Waals surface area contributed by atoms with Gasteiger partial charge in [-0.1, -0.05) is 24.3 Å². The summed E-state index contributed by atoms with van der Waals surface area (Å²) in [5.74, 6) is -2.67. The number of sulfone groups is 1. The zero-order chi connectivity index (χ0) is 17.3. The molecule has 0 spiro atoms. The molecule has 0 radical (unpaired) electrons. The van der Waals surface area contributed by atoms with E-state index in [-0.39, 0.29) is 16.6 Å². The Labute approximate surface area is 139 Å². The maximum absolute atomic E-state index is 12.9. The highest BCUT2D eigenvalue weighted by atomic mass is 32.2. The van der Waals surface area contributed by atoms with Crippen LogP contribution in [0.5, 0.6) is 5.75 Å². The molecule has 128 valence electrons.